The van der Waals surface area contributed by atoms with Crippen LogP contribution in [-0.4, -0.2) is 17.3 Å². The smallest absolute Gasteiger partial charge is 0.252 e. The molecule has 0 aliphatic carbocycles. The Morgan fingerprint density at radius 1 is 1.47 bits per heavy atom. The lowest BCUT2D eigenvalue weighted by atomic mass is 9.90. The van der Waals surface area contributed by atoms with E-state index in [0.717, 1.165) is 17.5 Å². The summed E-state index contributed by atoms with van der Waals surface area (Å²) in [5, 5.41) is 6.87. The van der Waals surface area contributed by atoms with Crippen molar-refractivity contribution in [1.82, 2.24) is 5.32 Å². The second kappa shape index (κ2) is 6.01. The van der Waals surface area contributed by atoms with Gasteiger partial charge in [-0.05, 0) is 29.7 Å². The summed E-state index contributed by atoms with van der Waals surface area (Å²) < 4.78 is 0. The largest absolute Gasteiger partial charge is 0.351 e. The first kappa shape index (κ1) is 14.7. The molecule has 17 heavy (non-hydrogen) atoms. The number of amides is 1. The first-order chi connectivity index (χ1) is 7.79. The molecule has 0 saturated heterocycles. The van der Waals surface area contributed by atoms with Crippen LogP contribution in [0.15, 0.2) is 10.8 Å². The van der Waals surface area contributed by atoms with E-state index in [-0.39, 0.29) is 11.3 Å². The van der Waals surface area contributed by atoms with E-state index in [1.165, 1.54) is 0 Å². The van der Waals surface area contributed by atoms with Crippen molar-refractivity contribution < 1.29 is 4.79 Å². The highest BCUT2D eigenvalue weighted by Crippen LogP contribution is 2.24. The first-order valence-corrected chi connectivity index (χ1v) is 7.60. The van der Waals surface area contributed by atoms with E-state index in [1.54, 1.807) is 11.3 Å². The third-order valence-electron chi connectivity index (χ3n) is 2.42. The van der Waals surface area contributed by atoms with Crippen molar-refractivity contribution in [1.29, 1.82) is 0 Å². The molecule has 1 atom stereocenters. The zero-order valence-corrected chi connectivity index (χ0v) is 13.2. The number of aryl methyl sites for hydroxylation is 1. The molecule has 0 aliphatic heterocycles. The van der Waals surface area contributed by atoms with Gasteiger partial charge in [0.2, 0.25) is 0 Å². The second-order valence-corrected chi connectivity index (χ2v) is 7.58. The van der Waals surface area contributed by atoms with Crippen LogP contribution >= 0.6 is 27.3 Å². The molecule has 96 valence electrons. The Kier molecular flexibility index (Phi) is 5.20. The lowest BCUT2D eigenvalue weighted by Crippen LogP contribution is -2.31. The zero-order chi connectivity index (χ0) is 13.1. The van der Waals surface area contributed by atoms with Gasteiger partial charge in [-0.1, -0.05) is 36.7 Å². The number of nitrogens with one attached hydrogen (secondary N) is 1. The highest BCUT2D eigenvalue weighted by atomic mass is 79.9. The third-order valence-corrected chi connectivity index (χ3v) is 3.93. The summed E-state index contributed by atoms with van der Waals surface area (Å²) >= 11 is 5.18. The number of halogens is 1. The van der Waals surface area contributed by atoms with Crippen LogP contribution < -0.4 is 5.32 Å². The van der Waals surface area contributed by atoms with E-state index >= 15 is 0 Å². The fraction of sp³-hybridized carbons (Fsp3) is 0.615. The van der Waals surface area contributed by atoms with Crippen LogP contribution in [0, 0.1) is 12.3 Å². The molecular weight excluding hydrogens is 298 g/mol. The molecule has 1 unspecified atom stereocenters. The average Bonchev–Trinajstić information content (AvgIpc) is 2.58. The Hall–Kier alpha value is -0.350. The molecule has 0 fully saturated rings. The fourth-order valence-electron chi connectivity index (χ4n) is 1.63. The molecule has 1 rings (SSSR count). The van der Waals surface area contributed by atoms with Crippen molar-refractivity contribution in [3.8, 4) is 0 Å². The van der Waals surface area contributed by atoms with Crippen LogP contribution in [0.2, 0.25) is 0 Å². The Balaban J connectivity index is 2.42. The minimum absolute atomic E-state index is 0.0297. The highest BCUT2D eigenvalue weighted by Gasteiger charge is 2.17. The maximum Gasteiger partial charge on any atom is 0.252 e. The first-order valence-electron chi connectivity index (χ1n) is 5.74. The summed E-state index contributed by atoms with van der Waals surface area (Å²) in [4.78, 5) is 12.2. The van der Waals surface area contributed by atoms with Crippen LogP contribution in [0.25, 0.3) is 0 Å². The maximum atomic E-state index is 11.9. The monoisotopic (exact) mass is 317 g/mol. The summed E-state index contributed by atoms with van der Waals surface area (Å²) in [6.45, 7) is 9.24. The van der Waals surface area contributed by atoms with E-state index < -0.39 is 0 Å². The van der Waals surface area contributed by atoms with Crippen molar-refractivity contribution in [3.63, 3.8) is 0 Å². The molecule has 1 amide bonds. The molecule has 0 bridgehead atoms. The quantitative estimate of drug-likeness (QED) is 0.836. The minimum atomic E-state index is 0.0297. The SMILES string of the molecule is Cc1cscc1C(=O)NCC(Br)CC(C)(C)C. The van der Waals surface area contributed by atoms with Crippen molar-refractivity contribution in [2.24, 2.45) is 5.41 Å². The van der Waals surface area contributed by atoms with Gasteiger partial charge in [-0.2, -0.15) is 11.3 Å². The molecule has 0 spiro atoms. The molecule has 0 radical (unpaired) electrons. The Morgan fingerprint density at radius 3 is 2.59 bits per heavy atom. The Morgan fingerprint density at radius 2 is 2.12 bits per heavy atom. The van der Waals surface area contributed by atoms with Gasteiger partial charge in [0.05, 0.1) is 5.56 Å². The summed E-state index contributed by atoms with van der Waals surface area (Å²) in [6.07, 6.45) is 1.04. The summed E-state index contributed by atoms with van der Waals surface area (Å²) in [6, 6.07) is 0. The molecule has 1 heterocycles. The van der Waals surface area contributed by atoms with E-state index in [2.05, 4.69) is 42.0 Å². The Bertz CT molecular complexity index is 381. The number of rotatable bonds is 4. The van der Waals surface area contributed by atoms with Crippen molar-refractivity contribution in [3.05, 3.63) is 21.9 Å². The summed E-state index contributed by atoms with van der Waals surface area (Å²) in [7, 11) is 0. The highest BCUT2D eigenvalue weighted by molar-refractivity contribution is 9.09. The summed E-state index contributed by atoms with van der Waals surface area (Å²) in [5.41, 5.74) is 2.12. The number of hydrogen-bond acceptors (Lipinski definition) is 2. The van der Waals surface area contributed by atoms with Crippen LogP contribution in [-0.2, 0) is 0 Å². The number of hydrogen-bond donors (Lipinski definition) is 1. The molecule has 1 aromatic heterocycles. The number of thiophene rings is 1. The van der Waals surface area contributed by atoms with E-state index in [4.69, 9.17) is 0 Å². The molecule has 1 aromatic rings. The molecule has 1 N–H and O–H groups in total. The van der Waals surface area contributed by atoms with Crippen LogP contribution in [0.4, 0.5) is 0 Å². The molecule has 4 heteroatoms. The van der Waals surface area contributed by atoms with Gasteiger partial charge in [0.15, 0.2) is 0 Å². The van der Waals surface area contributed by atoms with Crippen molar-refractivity contribution in [2.75, 3.05) is 6.54 Å². The average molecular weight is 318 g/mol. The second-order valence-electron chi connectivity index (χ2n) is 5.54. The fourth-order valence-corrected chi connectivity index (χ4v) is 3.59. The molecule has 2 nitrogen and oxygen atoms in total. The third kappa shape index (κ3) is 5.21. The van der Waals surface area contributed by atoms with Gasteiger partial charge < -0.3 is 5.32 Å². The lowest BCUT2D eigenvalue weighted by Gasteiger charge is -2.22. The predicted molar refractivity (Wildman–Crippen MR) is 78.2 cm³/mol. The maximum absolute atomic E-state index is 11.9. The predicted octanol–water partition coefficient (Wildman–Crippen LogP) is 3.99. The van der Waals surface area contributed by atoms with E-state index in [0.29, 0.717) is 11.4 Å². The van der Waals surface area contributed by atoms with Gasteiger partial charge in [-0.15, -0.1) is 0 Å². The van der Waals surface area contributed by atoms with Gasteiger partial charge in [-0.3, -0.25) is 4.79 Å². The molecular formula is C13H20BrNOS. The number of alkyl halides is 1. The normalized spacial score (nSPS) is 13.5. The van der Waals surface area contributed by atoms with Gasteiger partial charge >= 0.3 is 0 Å². The number of carbonyl (C=O) groups excluding carboxylic acids is 1. The Labute approximate surface area is 116 Å². The van der Waals surface area contributed by atoms with Gasteiger partial charge in [0.25, 0.3) is 5.91 Å². The standard InChI is InChI=1S/C13H20BrNOS/c1-9-7-17-8-11(9)12(16)15-6-10(14)5-13(2,3)4/h7-8,10H,5-6H2,1-4H3,(H,15,16). The number of carbonyl (C=O) groups is 1. The van der Waals surface area contributed by atoms with Gasteiger partial charge in [0, 0.05) is 16.8 Å². The van der Waals surface area contributed by atoms with Gasteiger partial charge in [-0.25, -0.2) is 0 Å². The zero-order valence-electron chi connectivity index (χ0n) is 10.8. The lowest BCUT2D eigenvalue weighted by molar-refractivity contribution is 0.0952. The van der Waals surface area contributed by atoms with Crippen LogP contribution in [0.5, 0.6) is 0 Å². The van der Waals surface area contributed by atoms with Crippen LogP contribution in [0.3, 0.4) is 0 Å². The van der Waals surface area contributed by atoms with E-state index in [1.807, 2.05) is 17.7 Å². The van der Waals surface area contributed by atoms with E-state index in [9.17, 15) is 4.79 Å². The molecule has 0 aliphatic rings. The minimum Gasteiger partial charge on any atom is -0.351 e. The van der Waals surface area contributed by atoms with Crippen molar-refractivity contribution in [2.45, 2.75) is 38.9 Å². The van der Waals surface area contributed by atoms with Crippen LogP contribution in [0.1, 0.15) is 43.1 Å². The van der Waals surface area contributed by atoms with Crippen molar-refractivity contribution >= 4 is 33.2 Å². The topological polar surface area (TPSA) is 29.1 Å². The molecule has 0 saturated carbocycles. The molecule has 0 aromatic carbocycles. The summed E-state index contributed by atoms with van der Waals surface area (Å²) in [5.74, 6) is 0.0297. The van der Waals surface area contributed by atoms with Gasteiger partial charge in [0.1, 0.15) is 0 Å².